The van der Waals surface area contributed by atoms with E-state index in [4.69, 9.17) is 10.7 Å². The number of allylic oxidation sites excluding steroid dienone is 3. The van der Waals surface area contributed by atoms with Gasteiger partial charge < -0.3 is 16.0 Å². The molecule has 4 rings (SSSR count). The Morgan fingerprint density at radius 3 is 2.24 bits per heavy atom. The summed E-state index contributed by atoms with van der Waals surface area (Å²) < 4.78 is 80.3. The van der Waals surface area contributed by atoms with Crippen LogP contribution in [-0.4, -0.2) is 48.5 Å². The lowest BCUT2D eigenvalue weighted by molar-refractivity contribution is -0.137. The normalized spacial score (nSPS) is 19.5. The van der Waals surface area contributed by atoms with Crippen molar-refractivity contribution in [1.29, 1.82) is 0 Å². The van der Waals surface area contributed by atoms with Crippen molar-refractivity contribution in [1.82, 2.24) is 9.80 Å². The zero-order valence-corrected chi connectivity index (χ0v) is 22.9. The van der Waals surface area contributed by atoms with Gasteiger partial charge in [0, 0.05) is 30.3 Å². The predicted octanol–water partition coefficient (Wildman–Crippen LogP) is 7.56. The number of aliphatic imine (C=N–C) groups is 1. The second-order valence-electron chi connectivity index (χ2n) is 10.4. The fourth-order valence-corrected chi connectivity index (χ4v) is 5.15. The number of hydrogen-bond donors (Lipinski definition) is 2. The molecule has 2 aromatic carbocycles. The van der Waals surface area contributed by atoms with E-state index in [0.29, 0.717) is 29.0 Å². The molecule has 2 aromatic rings. The molecular formula is C30H35F6N5. The molecule has 0 radical (unpaired) electrons. The first-order chi connectivity index (χ1) is 19.5. The molecule has 1 unspecified atom stereocenters. The minimum absolute atomic E-state index is 0.356. The Bertz CT molecular complexity index is 1260. The topological polar surface area (TPSA) is 56.9 Å². The van der Waals surface area contributed by atoms with E-state index in [0.717, 1.165) is 75.1 Å². The molecule has 222 valence electrons. The molecule has 2 aliphatic heterocycles. The van der Waals surface area contributed by atoms with E-state index in [9.17, 15) is 26.3 Å². The van der Waals surface area contributed by atoms with Gasteiger partial charge in [-0.3, -0.25) is 4.90 Å². The van der Waals surface area contributed by atoms with Crippen LogP contribution in [0.15, 0.2) is 71.4 Å². The van der Waals surface area contributed by atoms with E-state index in [1.165, 1.54) is 18.6 Å². The molecule has 2 aliphatic rings. The van der Waals surface area contributed by atoms with Crippen LogP contribution in [0.1, 0.15) is 55.0 Å². The summed E-state index contributed by atoms with van der Waals surface area (Å²) in [5.74, 6) is 0.734. The van der Waals surface area contributed by atoms with Gasteiger partial charge in [-0.05, 0) is 74.1 Å². The molecule has 1 fully saturated rings. The van der Waals surface area contributed by atoms with E-state index in [-0.39, 0.29) is 6.42 Å². The molecule has 2 heterocycles. The molecular weight excluding hydrogens is 544 g/mol. The van der Waals surface area contributed by atoms with Crippen LogP contribution in [0.2, 0.25) is 0 Å². The highest BCUT2D eigenvalue weighted by Gasteiger charge is 2.34. The number of nitrogens with two attached hydrogens (primary N) is 1. The fourth-order valence-electron chi connectivity index (χ4n) is 5.15. The minimum Gasteiger partial charge on any atom is -0.405 e. The third kappa shape index (κ3) is 8.06. The van der Waals surface area contributed by atoms with Crippen molar-refractivity contribution in [3.63, 3.8) is 0 Å². The van der Waals surface area contributed by atoms with Gasteiger partial charge in [-0.1, -0.05) is 37.5 Å². The molecule has 5 nitrogen and oxygen atoms in total. The third-order valence-electron chi connectivity index (χ3n) is 7.43. The summed E-state index contributed by atoms with van der Waals surface area (Å²) in [7, 11) is 1.87. The Labute approximate surface area is 236 Å². The summed E-state index contributed by atoms with van der Waals surface area (Å²) in [6.45, 7) is 2.40. The van der Waals surface area contributed by atoms with Gasteiger partial charge in [-0.15, -0.1) is 0 Å². The Morgan fingerprint density at radius 2 is 1.63 bits per heavy atom. The highest BCUT2D eigenvalue weighted by molar-refractivity contribution is 5.89. The number of likely N-dealkylation sites (N-methyl/N-ethyl adjacent to an activating group) is 1. The number of alkyl halides is 6. The number of hydrogen-bond acceptors (Lipinski definition) is 5. The monoisotopic (exact) mass is 579 g/mol. The van der Waals surface area contributed by atoms with Gasteiger partial charge in [0.25, 0.3) is 0 Å². The molecule has 1 atom stereocenters. The van der Waals surface area contributed by atoms with Gasteiger partial charge >= 0.3 is 12.4 Å². The summed E-state index contributed by atoms with van der Waals surface area (Å²) in [5.41, 5.74) is 5.93. The highest BCUT2D eigenvalue weighted by atomic mass is 19.4. The Balaban J connectivity index is 1.67. The Morgan fingerprint density at radius 1 is 0.976 bits per heavy atom. The maximum atomic E-state index is 13.6. The van der Waals surface area contributed by atoms with Crippen molar-refractivity contribution >= 4 is 17.2 Å². The zero-order chi connectivity index (χ0) is 29.6. The molecule has 0 aromatic heterocycles. The van der Waals surface area contributed by atoms with Crippen LogP contribution in [0, 0.1) is 0 Å². The molecule has 11 heteroatoms. The van der Waals surface area contributed by atoms with Crippen LogP contribution < -0.4 is 11.1 Å². The average Bonchev–Trinajstić information content (AvgIpc) is 2.89. The van der Waals surface area contributed by atoms with Crippen molar-refractivity contribution in [2.45, 2.75) is 57.0 Å². The zero-order valence-electron chi connectivity index (χ0n) is 22.9. The van der Waals surface area contributed by atoms with Crippen LogP contribution >= 0.6 is 0 Å². The molecule has 0 aliphatic carbocycles. The molecule has 0 spiro atoms. The summed E-state index contributed by atoms with van der Waals surface area (Å²) >= 11 is 0. The van der Waals surface area contributed by atoms with E-state index in [2.05, 4.69) is 10.2 Å². The van der Waals surface area contributed by atoms with Gasteiger partial charge in [-0.25, -0.2) is 4.99 Å². The van der Waals surface area contributed by atoms with Crippen molar-refractivity contribution in [3.05, 3.63) is 83.1 Å². The maximum Gasteiger partial charge on any atom is 0.416 e. The van der Waals surface area contributed by atoms with E-state index in [1.807, 2.05) is 11.9 Å². The highest BCUT2D eigenvalue weighted by Crippen LogP contribution is 2.38. The summed E-state index contributed by atoms with van der Waals surface area (Å²) in [5, 5.41) is 3.31. The van der Waals surface area contributed by atoms with E-state index < -0.39 is 29.7 Å². The molecule has 41 heavy (non-hydrogen) atoms. The van der Waals surface area contributed by atoms with Crippen LogP contribution in [0.4, 0.5) is 37.7 Å². The SMILES string of the molecule is CN1C(CN2CCCCCCC2)=Nc2cc(C/C(=C\C=C/N)C(F)(F)F)ccc2C1Nc1ccc(C(F)(F)F)cc1. The van der Waals surface area contributed by atoms with Gasteiger partial charge in [0.05, 0.1) is 17.8 Å². The number of anilines is 1. The first-order valence-electron chi connectivity index (χ1n) is 13.7. The predicted molar refractivity (Wildman–Crippen MR) is 150 cm³/mol. The number of nitrogens with zero attached hydrogens (tertiary/aromatic N) is 3. The van der Waals surface area contributed by atoms with E-state index >= 15 is 0 Å². The molecule has 0 bridgehead atoms. The van der Waals surface area contributed by atoms with Gasteiger partial charge in [0.1, 0.15) is 12.0 Å². The first kappa shape index (κ1) is 30.5. The van der Waals surface area contributed by atoms with Crippen molar-refractivity contribution in [3.8, 4) is 0 Å². The lowest BCUT2D eigenvalue weighted by atomic mass is 9.98. The molecule has 0 saturated carbocycles. The van der Waals surface area contributed by atoms with Crippen LogP contribution in [0.3, 0.4) is 0 Å². The van der Waals surface area contributed by atoms with Crippen LogP contribution in [-0.2, 0) is 12.6 Å². The third-order valence-corrected chi connectivity index (χ3v) is 7.43. The standard InChI is InChI=1S/C30H35F6N5/c1-40-27(20-41-16-5-3-2-4-6-17-41)39-26-19-21(18-23(8-7-15-37)30(34,35)36)9-14-25(26)28(40)38-24-12-10-22(11-13-24)29(31,32)33/h7-15,19,28,38H,2-6,16-18,20,37H2,1H3/b15-7-,23-8+. The quantitative estimate of drug-likeness (QED) is 0.263. The number of fused-ring (bicyclic) bond motifs is 1. The number of rotatable bonds is 7. The number of halogens is 6. The van der Waals surface area contributed by atoms with Crippen molar-refractivity contribution in [2.24, 2.45) is 10.7 Å². The smallest absolute Gasteiger partial charge is 0.405 e. The lowest BCUT2D eigenvalue weighted by Crippen LogP contribution is -2.44. The molecule has 1 saturated heterocycles. The first-order valence-corrected chi connectivity index (χ1v) is 13.7. The number of amidine groups is 1. The summed E-state index contributed by atoms with van der Waals surface area (Å²) in [6.07, 6.45) is -0.952. The number of likely N-dealkylation sites (tertiary alicyclic amines) is 1. The van der Waals surface area contributed by atoms with Gasteiger partial charge in [0.15, 0.2) is 0 Å². The van der Waals surface area contributed by atoms with Crippen LogP contribution in [0.5, 0.6) is 0 Å². The number of nitrogens with one attached hydrogen (secondary N) is 1. The number of benzene rings is 2. The maximum absolute atomic E-state index is 13.6. The van der Waals surface area contributed by atoms with Crippen LogP contribution in [0.25, 0.3) is 0 Å². The second-order valence-corrected chi connectivity index (χ2v) is 10.4. The largest absolute Gasteiger partial charge is 0.416 e. The molecule has 3 N–H and O–H groups in total. The van der Waals surface area contributed by atoms with Crippen molar-refractivity contribution in [2.75, 3.05) is 32.0 Å². The minimum atomic E-state index is -4.53. The lowest BCUT2D eigenvalue weighted by Gasteiger charge is -2.38. The van der Waals surface area contributed by atoms with Gasteiger partial charge in [0.2, 0.25) is 0 Å². The molecule has 0 amide bonds. The Hall–Kier alpha value is -3.47. The van der Waals surface area contributed by atoms with Gasteiger partial charge in [-0.2, -0.15) is 26.3 Å². The van der Waals surface area contributed by atoms with E-state index in [1.54, 1.807) is 18.2 Å². The average molecular weight is 580 g/mol. The Kier molecular flexibility index (Phi) is 9.68. The summed E-state index contributed by atoms with van der Waals surface area (Å²) in [6, 6.07) is 9.80. The second kappa shape index (κ2) is 13.0. The van der Waals surface area contributed by atoms with Crippen molar-refractivity contribution < 1.29 is 26.3 Å². The summed E-state index contributed by atoms with van der Waals surface area (Å²) in [4.78, 5) is 9.17. The fraction of sp³-hybridized carbons (Fsp3) is 0.433.